The molecular formula is C30H34BrF3N2O4. The summed E-state index contributed by atoms with van der Waals surface area (Å²) < 4.78 is 51.8. The molecule has 40 heavy (non-hydrogen) atoms. The Hall–Kier alpha value is -3.01. The molecule has 10 heteroatoms. The lowest BCUT2D eigenvalue weighted by atomic mass is 9.72. The summed E-state index contributed by atoms with van der Waals surface area (Å²) in [7, 11) is 1.59. The topological polar surface area (TPSA) is 67.9 Å². The number of rotatable bonds is 7. The van der Waals surface area contributed by atoms with Gasteiger partial charge in [-0.05, 0) is 85.6 Å². The molecule has 0 unspecified atom stereocenters. The van der Waals surface area contributed by atoms with Gasteiger partial charge in [-0.3, -0.25) is 9.69 Å². The number of aryl methyl sites for hydroxylation is 1. The number of halogens is 4. The smallest absolute Gasteiger partial charge is 0.416 e. The van der Waals surface area contributed by atoms with E-state index in [1.165, 1.54) is 0 Å². The number of ether oxygens (including phenoxy) is 2. The Labute approximate surface area is 241 Å². The molecule has 0 radical (unpaired) electrons. The number of amides is 2. The lowest BCUT2D eigenvalue weighted by Gasteiger charge is -2.36. The van der Waals surface area contributed by atoms with Gasteiger partial charge in [0.25, 0.3) is 0 Å². The predicted octanol–water partition coefficient (Wildman–Crippen LogP) is 7.90. The van der Waals surface area contributed by atoms with Crippen LogP contribution in [0.4, 0.5) is 23.7 Å². The highest BCUT2D eigenvalue weighted by Crippen LogP contribution is 2.46. The van der Waals surface area contributed by atoms with Gasteiger partial charge in [0.2, 0.25) is 5.91 Å². The van der Waals surface area contributed by atoms with Gasteiger partial charge in [0.1, 0.15) is 11.9 Å². The molecule has 0 saturated carbocycles. The highest BCUT2D eigenvalue weighted by Gasteiger charge is 2.42. The minimum atomic E-state index is -4.50. The van der Waals surface area contributed by atoms with Crippen LogP contribution in [-0.4, -0.2) is 41.9 Å². The van der Waals surface area contributed by atoms with Crippen molar-refractivity contribution < 1.29 is 32.2 Å². The molecule has 1 aliphatic heterocycles. The summed E-state index contributed by atoms with van der Waals surface area (Å²) in [6.07, 6.45) is -3.52. The third-order valence-electron chi connectivity index (χ3n) is 7.61. The number of allylic oxidation sites excluding steroid dienone is 1. The summed E-state index contributed by atoms with van der Waals surface area (Å²) in [5, 5.41) is 3.02. The van der Waals surface area contributed by atoms with Crippen molar-refractivity contribution in [2.75, 3.05) is 24.3 Å². The van der Waals surface area contributed by atoms with Gasteiger partial charge >= 0.3 is 12.3 Å². The highest BCUT2D eigenvalue weighted by atomic mass is 79.9. The zero-order valence-corrected chi connectivity index (χ0v) is 24.8. The van der Waals surface area contributed by atoms with Gasteiger partial charge in [-0.15, -0.1) is 0 Å². The molecule has 6 nitrogen and oxygen atoms in total. The van der Waals surface area contributed by atoms with E-state index in [4.69, 9.17) is 9.47 Å². The zero-order valence-electron chi connectivity index (χ0n) is 23.2. The average Bonchev–Trinajstić information content (AvgIpc) is 3.16. The van der Waals surface area contributed by atoms with Gasteiger partial charge in [0.05, 0.1) is 24.0 Å². The Bertz CT molecular complexity index is 1340. The first-order valence-electron chi connectivity index (χ1n) is 13.1. The number of hydrogen-bond donors (Lipinski definition) is 1. The molecule has 2 aliphatic rings. The van der Waals surface area contributed by atoms with E-state index in [-0.39, 0.29) is 23.2 Å². The van der Waals surface area contributed by atoms with Gasteiger partial charge in [-0.25, -0.2) is 4.79 Å². The molecule has 1 heterocycles. The Kier molecular flexibility index (Phi) is 8.59. The van der Waals surface area contributed by atoms with E-state index >= 15 is 0 Å². The van der Waals surface area contributed by atoms with Crippen molar-refractivity contribution in [3.8, 4) is 5.75 Å². The number of anilines is 1. The fraction of sp³-hybridized carbons (Fsp3) is 0.467. The molecule has 1 fully saturated rings. The van der Waals surface area contributed by atoms with Gasteiger partial charge in [0.15, 0.2) is 0 Å². The lowest BCUT2D eigenvalue weighted by molar-refractivity contribution is -0.137. The largest absolute Gasteiger partial charge is 0.496 e. The van der Waals surface area contributed by atoms with Gasteiger partial charge < -0.3 is 14.8 Å². The van der Waals surface area contributed by atoms with Crippen LogP contribution in [0.3, 0.4) is 0 Å². The van der Waals surface area contributed by atoms with E-state index in [2.05, 4.69) is 35.1 Å². The van der Waals surface area contributed by atoms with Crippen LogP contribution in [0.15, 0.2) is 42.0 Å². The normalized spacial score (nSPS) is 20.9. The number of carbonyl (C=O) groups excluding carboxylic acids is 2. The van der Waals surface area contributed by atoms with Crippen molar-refractivity contribution in [3.63, 3.8) is 0 Å². The summed E-state index contributed by atoms with van der Waals surface area (Å²) in [4.78, 5) is 26.7. The maximum absolute atomic E-state index is 13.5. The van der Waals surface area contributed by atoms with Crippen LogP contribution in [0.1, 0.15) is 68.4 Å². The second-order valence-corrected chi connectivity index (χ2v) is 11.9. The maximum Gasteiger partial charge on any atom is 0.416 e. The Balaban J connectivity index is 1.71. The molecule has 0 bridgehead atoms. The van der Waals surface area contributed by atoms with E-state index in [1.807, 2.05) is 12.1 Å². The molecule has 1 saturated heterocycles. The van der Waals surface area contributed by atoms with E-state index < -0.39 is 30.0 Å². The third-order valence-corrected chi connectivity index (χ3v) is 8.12. The molecule has 4 rings (SSSR count). The quantitative estimate of drug-likeness (QED) is 0.319. The van der Waals surface area contributed by atoms with Crippen LogP contribution in [0, 0.1) is 12.3 Å². The Morgan fingerprint density at radius 2 is 1.95 bits per heavy atom. The predicted molar refractivity (Wildman–Crippen MR) is 152 cm³/mol. The van der Waals surface area contributed by atoms with Crippen molar-refractivity contribution in [2.24, 2.45) is 5.41 Å². The van der Waals surface area contributed by atoms with E-state index in [0.717, 1.165) is 41.7 Å². The number of benzene rings is 2. The van der Waals surface area contributed by atoms with Crippen molar-refractivity contribution in [3.05, 3.63) is 64.2 Å². The van der Waals surface area contributed by atoms with Crippen molar-refractivity contribution in [1.82, 2.24) is 4.90 Å². The molecule has 0 spiro atoms. The van der Waals surface area contributed by atoms with Crippen molar-refractivity contribution in [2.45, 2.75) is 65.3 Å². The van der Waals surface area contributed by atoms with E-state index in [0.29, 0.717) is 29.0 Å². The fourth-order valence-electron chi connectivity index (χ4n) is 5.61. The standard InChI is InChI=1S/C30H34BrF3N2O4/c1-17-10-19(12-21(11-17)30(32,33)34)27-18(2)36(28(38)40-27)16-20-14-29(3,4)9-8-23(20)24-13-22(35-26(37)15-31)6-7-25(24)39-5/h6-7,10-13,18,27H,8-9,14-16H2,1-5H3,(H,35,37)/t18-,27-/m0/s1. The number of carbonyl (C=O) groups is 2. The first-order chi connectivity index (χ1) is 18.7. The minimum Gasteiger partial charge on any atom is -0.496 e. The SMILES string of the molecule is COc1ccc(NC(=O)CBr)cc1C1=C(CN2C(=O)O[C@H](c3cc(C)cc(C(F)(F)F)c3)[C@@H]2C)CC(C)(C)CC1. The molecule has 2 aromatic carbocycles. The molecule has 0 aromatic heterocycles. The average molecular weight is 624 g/mol. The number of nitrogens with one attached hydrogen (secondary N) is 1. The first-order valence-corrected chi connectivity index (χ1v) is 14.3. The first kappa shape index (κ1) is 30.0. The summed E-state index contributed by atoms with van der Waals surface area (Å²) in [6, 6.07) is 8.77. The summed E-state index contributed by atoms with van der Waals surface area (Å²) in [5.74, 6) is 0.470. The fourth-order valence-corrected chi connectivity index (χ4v) is 5.75. The van der Waals surface area contributed by atoms with Gasteiger partial charge in [-0.2, -0.15) is 13.2 Å². The van der Waals surface area contributed by atoms with Gasteiger partial charge in [0, 0.05) is 17.8 Å². The third kappa shape index (κ3) is 6.48. The second-order valence-electron chi connectivity index (χ2n) is 11.3. The molecule has 1 N–H and O–H groups in total. The van der Waals surface area contributed by atoms with Crippen LogP contribution in [0.5, 0.6) is 5.75 Å². The number of alkyl halides is 4. The Morgan fingerprint density at radius 1 is 1.23 bits per heavy atom. The zero-order chi connectivity index (χ0) is 29.4. The lowest BCUT2D eigenvalue weighted by Crippen LogP contribution is -2.35. The second kappa shape index (κ2) is 11.5. The van der Waals surface area contributed by atoms with Crippen molar-refractivity contribution in [1.29, 1.82) is 0 Å². The van der Waals surface area contributed by atoms with Crippen LogP contribution < -0.4 is 10.1 Å². The van der Waals surface area contributed by atoms with Crippen LogP contribution >= 0.6 is 15.9 Å². The van der Waals surface area contributed by atoms with Crippen LogP contribution in [0.2, 0.25) is 0 Å². The molecular weight excluding hydrogens is 589 g/mol. The van der Waals surface area contributed by atoms with Gasteiger partial charge in [-0.1, -0.05) is 41.4 Å². The maximum atomic E-state index is 13.5. The highest BCUT2D eigenvalue weighted by molar-refractivity contribution is 9.09. The molecule has 2 aromatic rings. The molecule has 2 amide bonds. The number of hydrogen-bond acceptors (Lipinski definition) is 4. The number of methoxy groups -OCH3 is 1. The summed E-state index contributed by atoms with van der Waals surface area (Å²) in [5.41, 5.74) is 3.53. The molecule has 2 atom stereocenters. The molecule has 216 valence electrons. The van der Waals surface area contributed by atoms with Crippen LogP contribution in [-0.2, 0) is 15.7 Å². The summed E-state index contributed by atoms with van der Waals surface area (Å²) in [6.45, 7) is 8.02. The Morgan fingerprint density at radius 3 is 2.60 bits per heavy atom. The number of cyclic esters (lactones) is 1. The minimum absolute atomic E-state index is 0.0156. The number of nitrogens with zero attached hydrogens (tertiary/aromatic N) is 1. The van der Waals surface area contributed by atoms with E-state index in [1.54, 1.807) is 38.0 Å². The summed E-state index contributed by atoms with van der Waals surface area (Å²) >= 11 is 3.17. The van der Waals surface area contributed by atoms with Crippen molar-refractivity contribution >= 4 is 39.2 Å². The monoisotopic (exact) mass is 622 g/mol. The van der Waals surface area contributed by atoms with Crippen LogP contribution in [0.25, 0.3) is 5.57 Å². The van der Waals surface area contributed by atoms with E-state index in [9.17, 15) is 22.8 Å². The molecule has 1 aliphatic carbocycles.